The van der Waals surface area contributed by atoms with Crippen molar-refractivity contribution in [3.8, 4) is 11.5 Å². The van der Waals surface area contributed by atoms with E-state index in [2.05, 4.69) is 28.9 Å². The lowest BCUT2D eigenvalue weighted by molar-refractivity contribution is 0.478. The molecule has 0 amide bonds. The van der Waals surface area contributed by atoms with Gasteiger partial charge >= 0.3 is 0 Å². The fraction of sp³-hybridized carbons (Fsp3) is 0.294. The normalized spacial score (nSPS) is 12.2. The third-order valence-corrected chi connectivity index (χ3v) is 4.38. The zero-order valence-electron chi connectivity index (χ0n) is 12.2. The molecule has 2 rings (SSSR count). The van der Waals surface area contributed by atoms with Crippen molar-refractivity contribution in [2.45, 2.75) is 32.7 Å². The van der Waals surface area contributed by atoms with Crippen LogP contribution in [0, 0.1) is 6.92 Å². The molecule has 2 N–H and O–H groups in total. The van der Waals surface area contributed by atoms with Gasteiger partial charge in [-0.2, -0.15) is 0 Å². The first-order chi connectivity index (χ1) is 9.99. The molecule has 0 fully saturated rings. The Balaban J connectivity index is 2.18. The molecule has 0 aromatic heterocycles. The van der Waals surface area contributed by atoms with E-state index in [0.717, 1.165) is 34.4 Å². The first-order valence-electron chi connectivity index (χ1n) is 6.97. The standard InChI is InChI=1S/C17H19BrClNO/c1-3-14(20)8-12-5-7-15(10-16(12)18)21-17-9-13(19)6-4-11(17)2/h4-7,9-10,14H,3,8,20H2,1-2H3. The topological polar surface area (TPSA) is 35.2 Å². The van der Waals surface area contributed by atoms with Gasteiger partial charge in [0.25, 0.3) is 0 Å². The number of aryl methyl sites for hydroxylation is 1. The number of nitrogens with two attached hydrogens (primary N) is 1. The molecular weight excluding hydrogens is 350 g/mol. The second-order valence-electron chi connectivity index (χ2n) is 5.14. The highest BCUT2D eigenvalue weighted by atomic mass is 79.9. The predicted molar refractivity (Wildman–Crippen MR) is 92.4 cm³/mol. The van der Waals surface area contributed by atoms with E-state index in [1.165, 1.54) is 5.56 Å². The summed E-state index contributed by atoms with van der Waals surface area (Å²) in [5.74, 6) is 1.55. The van der Waals surface area contributed by atoms with Crippen LogP contribution < -0.4 is 10.5 Å². The summed E-state index contributed by atoms with van der Waals surface area (Å²) in [4.78, 5) is 0. The summed E-state index contributed by atoms with van der Waals surface area (Å²) in [5, 5.41) is 0.667. The van der Waals surface area contributed by atoms with Crippen LogP contribution >= 0.6 is 27.5 Å². The fourth-order valence-electron chi connectivity index (χ4n) is 1.99. The lowest BCUT2D eigenvalue weighted by Crippen LogP contribution is -2.21. The van der Waals surface area contributed by atoms with Crippen LogP contribution in [0.5, 0.6) is 11.5 Å². The van der Waals surface area contributed by atoms with Gasteiger partial charge in [-0.05, 0) is 55.2 Å². The molecule has 0 aliphatic heterocycles. The van der Waals surface area contributed by atoms with Crippen LogP contribution in [0.1, 0.15) is 24.5 Å². The van der Waals surface area contributed by atoms with E-state index in [-0.39, 0.29) is 6.04 Å². The Morgan fingerprint density at radius 1 is 1.24 bits per heavy atom. The van der Waals surface area contributed by atoms with Crippen molar-refractivity contribution < 1.29 is 4.74 Å². The minimum atomic E-state index is 0.184. The van der Waals surface area contributed by atoms with Crippen LogP contribution in [0.4, 0.5) is 0 Å². The molecule has 0 saturated carbocycles. The van der Waals surface area contributed by atoms with Crippen LogP contribution in [0.2, 0.25) is 5.02 Å². The molecule has 4 heteroatoms. The van der Waals surface area contributed by atoms with E-state index in [9.17, 15) is 0 Å². The van der Waals surface area contributed by atoms with E-state index < -0.39 is 0 Å². The van der Waals surface area contributed by atoms with Gasteiger partial charge < -0.3 is 10.5 Å². The predicted octanol–water partition coefficient (Wildman–Crippen LogP) is 5.48. The number of benzene rings is 2. The van der Waals surface area contributed by atoms with Crippen molar-refractivity contribution in [1.29, 1.82) is 0 Å². The average molecular weight is 369 g/mol. The van der Waals surface area contributed by atoms with E-state index >= 15 is 0 Å². The summed E-state index contributed by atoms with van der Waals surface area (Å²) >= 11 is 9.60. The number of hydrogen-bond donors (Lipinski definition) is 1. The summed E-state index contributed by atoms with van der Waals surface area (Å²) < 4.78 is 6.93. The highest BCUT2D eigenvalue weighted by Gasteiger charge is 2.08. The Bertz CT molecular complexity index is 630. The molecule has 21 heavy (non-hydrogen) atoms. The first kappa shape index (κ1) is 16.3. The molecular formula is C17H19BrClNO. The monoisotopic (exact) mass is 367 g/mol. The maximum Gasteiger partial charge on any atom is 0.131 e. The molecule has 1 unspecified atom stereocenters. The minimum Gasteiger partial charge on any atom is -0.457 e. The van der Waals surface area contributed by atoms with Crippen LogP contribution in [-0.4, -0.2) is 6.04 Å². The summed E-state index contributed by atoms with van der Waals surface area (Å²) in [6.45, 7) is 4.09. The Labute approximate surface area is 139 Å². The third kappa shape index (κ3) is 4.47. The smallest absolute Gasteiger partial charge is 0.131 e. The molecule has 2 aromatic carbocycles. The van der Waals surface area contributed by atoms with Crippen LogP contribution in [-0.2, 0) is 6.42 Å². The average Bonchev–Trinajstić information content (AvgIpc) is 2.45. The van der Waals surface area contributed by atoms with Gasteiger partial charge in [0, 0.05) is 15.5 Å². The van der Waals surface area contributed by atoms with Gasteiger partial charge in [0.1, 0.15) is 11.5 Å². The Kier molecular flexibility index (Phi) is 5.68. The van der Waals surface area contributed by atoms with Crippen molar-refractivity contribution >= 4 is 27.5 Å². The summed E-state index contributed by atoms with van der Waals surface area (Å²) in [5.41, 5.74) is 8.25. The van der Waals surface area contributed by atoms with Crippen LogP contribution in [0.3, 0.4) is 0 Å². The molecule has 0 radical (unpaired) electrons. The third-order valence-electron chi connectivity index (χ3n) is 3.41. The van der Waals surface area contributed by atoms with Crippen molar-refractivity contribution in [2.75, 3.05) is 0 Å². The van der Waals surface area contributed by atoms with Crippen LogP contribution in [0.15, 0.2) is 40.9 Å². The molecule has 1 atom stereocenters. The maximum absolute atomic E-state index is 6.01. The Morgan fingerprint density at radius 2 is 2.00 bits per heavy atom. The number of rotatable bonds is 5. The second kappa shape index (κ2) is 7.30. The molecule has 2 aromatic rings. The number of ether oxygens (including phenoxy) is 1. The highest BCUT2D eigenvalue weighted by Crippen LogP contribution is 2.31. The second-order valence-corrected chi connectivity index (χ2v) is 6.43. The zero-order valence-corrected chi connectivity index (χ0v) is 14.5. The fourth-order valence-corrected chi connectivity index (χ4v) is 2.68. The molecule has 0 aliphatic carbocycles. The quantitative estimate of drug-likeness (QED) is 0.758. The maximum atomic E-state index is 6.01. The minimum absolute atomic E-state index is 0.184. The van der Waals surface area contributed by atoms with E-state index in [1.54, 1.807) is 0 Å². The van der Waals surface area contributed by atoms with Crippen LogP contribution in [0.25, 0.3) is 0 Å². The first-order valence-corrected chi connectivity index (χ1v) is 8.14. The van der Waals surface area contributed by atoms with Crippen molar-refractivity contribution in [3.63, 3.8) is 0 Å². The summed E-state index contributed by atoms with van der Waals surface area (Å²) in [6, 6.07) is 11.8. The summed E-state index contributed by atoms with van der Waals surface area (Å²) in [7, 11) is 0. The zero-order chi connectivity index (χ0) is 15.4. The van der Waals surface area contributed by atoms with Gasteiger partial charge in [-0.15, -0.1) is 0 Å². The van der Waals surface area contributed by atoms with Gasteiger partial charge in [-0.1, -0.05) is 46.6 Å². The number of hydrogen-bond acceptors (Lipinski definition) is 2. The molecule has 112 valence electrons. The van der Waals surface area contributed by atoms with E-state index in [1.807, 2.05) is 37.3 Å². The van der Waals surface area contributed by atoms with Crippen molar-refractivity contribution in [3.05, 3.63) is 57.0 Å². The van der Waals surface area contributed by atoms with Crippen molar-refractivity contribution in [1.82, 2.24) is 0 Å². The van der Waals surface area contributed by atoms with Gasteiger partial charge in [-0.3, -0.25) is 0 Å². The largest absolute Gasteiger partial charge is 0.457 e. The highest BCUT2D eigenvalue weighted by molar-refractivity contribution is 9.10. The van der Waals surface area contributed by atoms with Gasteiger partial charge in [0.05, 0.1) is 0 Å². The van der Waals surface area contributed by atoms with E-state index in [4.69, 9.17) is 22.1 Å². The van der Waals surface area contributed by atoms with Gasteiger partial charge in [-0.25, -0.2) is 0 Å². The molecule has 2 nitrogen and oxygen atoms in total. The molecule has 0 heterocycles. The summed E-state index contributed by atoms with van der Waals surface area (Å²) in [6.07, 6.45) is 1.82. The SMILES string of the molecule is CCC(N)Cc1ccc(Oc2cc(Cl)ccc2C)cc1Br. The van der Waals surface area contributed by atoms with E-state index in [0.29, 0.717) is 5.02 Å². The molecule has 0 bridgehead atoms. The molecule has 0 aliphatic rings. The van der Waals surface area contributed by atoms with Gasteiger partial charge in [0.2, 0.25) is 0 Å². The number of halogens is 2. The lowest BCUT2D eigenvalue weighted by Gasteiger charge is -2.13. The Morgan fingerprint density at radius 3 is 2.67 bits per heavy atom. The molecule has 0 saturated heterocycles. The Hall–Kier alpha value is -1.03. The van der Waals surface area contributed by atoms with Gasteiger partial charge in [0.15, 0.2) is 0 Å². The van der Waals surface area contributed by atoms with Crippen molar-refractivity contribution in [2.24, 2.45) is 5.73 Å². The lowest BCUT2D eigenvalue weighted by atomic mass is 10.0. The molecule has 0 spiro atoms.